The summed E-state index contributed by atoms with van der Waals surface area (Å²) in [6, 6.07) is 7.17. The number of carbonyl (C=O) groups is 1. The van der Waals surface area contributed by atoms with Crippen molar-refractivity contribution in [1.82, 2.24) is 13.7 Å². The summed E-state index contributed by atoms with van der Waals surface area (Å²) in [4.78, 5) is 51.0. The Kier molecular flexibility index (Phi) is 7.79. The zero-order valence-corrected chi connectivity index (χ0v) is 16.7. The lowest BCUT2D eigenvalue weighted by Gasteiger charge is -2.13. The van der Waals surface area contributed by atoms with Crippen LogP contribution in [0.5, 0.6) is 0 Å². The van der Waals surface area contributed by atoms with E-state index < -0.39 is 29.5 Å². The van der Waals surface area contributed by atoms with Crippen LogP contribution in [0.1, 0.15) is 0 Å². The van der Waals surface area contributed by atoms with Crippen molar-refractivity contribution in [2.45, 2.75) is 24.5 Å². The van der Waals surface area contributed by atoms with Crippen molar-refractivity contribution in [1.29, 1.82) is 0 Å². The largest absolute Gasteiger partial charge is 0.337 e. The number of rotatable bonds is 10. The summed E-state index contributed by atoms with van der Waals surface area (Å²) >= 11 is 1.49. The number of thioether (sulfide) groups is 1. The van der Waals surface area contributed by atoms with E-state index in [2.05, 4.69) is 25.1 Å². The van der Waals surface area contributed by atoms with E-state index in [9.17, 15) is 19.2 Å². The average Bonchev–Trinajstić information content (AvgIpc) is 2.71. The Morgan fingerprint density at radius 1 is 0.897 bits per heavy atom. The molecule has 0 fully saturated rings. The molecule has 2 rings (SSSR count). The van der Waals surface area contributed by atoms with Crippen LogP contribution in [-0.2, 0) is 24.4 Å². The fraction of sp³-hybridized carbons (Fsp3) is 0.200. The molecule has 1 aromatic heterocycles. The number of amides is 1. The van der Waals surface area contributed by atoms with Crippen LogP contribution in [0.4, 0.5) is 5.69 Å². The van der Waals surface area contributed by atoms with Crippen molar-refractivity contribution in [3.8, 4) is 0 Å². The number of benzene rings is 1. The average molecular weight is 414 g/mol. The number of hydrogen-bond donors (Lipinski definition) is 1. The lowest BCUT2D eigenvalue weighted by molar-refractivity contribution is -0.116. The van der Waals surface area contributed by atoms with Crippen LogP contribution in [0.2, 0.25) is 0 Å². The second-order valence-corrected chi connectivity index (χ2v) is 6.94. The predicted molar refractivity (Wildman–Crippen MR) is 116 cm³/mol. The van der Waals surface area contributed by atoms with Crippen molar-refractivity contribution < 1.29 is 4.79 Å². The van der Waals surface area contributed by atoms with E-state index in [1.807, 2.05) is 12.1 Å². The Morgan fingerprint density at radius 3 is 2.00 bits per heavy atom. The molecule has 1 heterocycles. The molecule has 1 amide bonds. The maximum Gasteiger partial charge on any atom is 0.337 e. The molecule has 2 aromatic rings. The molecular formula is C20H22N4O4S. The van der Waals surface area contributed by atoms with Gasteiger partial charge >= 0.3 is 17.1 Å². The number of para-hydroxylation sites is 1. The summed E-state index contributed by atoms with van der Waals surface area (Å²) in [5, 5.41) is 2.71. The zero-order chi connectivity index (χ0) is 21.4. The number of nitrogens with one attached hydrogen (secondary N) is 1. The van der Waals surface area contributed by atoms with Crippen molar-refractivity contribution in [2.24, 2.45) is 0 Å². The number of nitrogens with zero attached hydrogens (tertiary/aromatic N) is 3. The van der Waals surface area contributed by atoms with Crippen LogP contribution >= 0.6 is 11.8 Å². The quantitative estimate of drug-likeness (QED) is 0.469. The van der Waals surface area contributed by atoms with Gasteiger partial charge in [0, 0.05) is 10.6 Å². The minimum atomic E-state index is -0.871. The summed E-state index contributed by atoms with van der Waals surface area (Å²) in [6.45, 7) is 9.99. The molecule has 0 unspecified atom stereocenters. The highest BCUT2D eigenvalue weighted by atomic mass is 32.2. The van der Waals surface area contributed by atoms with Crippen molar-refractivity contribution in [2.75, 3.05) is 11.1 Å². The molecule has 9 heteroatoms. The fourth-order valence-corrected chi connectivity index (χ4v) is 3.31. The monoisotopic (exact) mass is 414 g/mol. The van der Waals surface area contributed by atoms with E-state index in [0.29, 0.717) is 11.4 Å². The molecule has 0 radical (unpaired) electrons. The van der Waals surface area contributed by atoms with Gasteiger partial charge in [-0.05, 0) is 12.1 Å². The van der Waals surface area contributed by atoms with Gasteiger partial charge in [0.25, 0.3) is 0 Å². The molecule has 8 nitrogen and oxygen atoms in total. The summed E-state index contributed by atoms with van der Waals surface area (Å²) in [7, 11) is 0. The van der Waals surface area contributed by atoms with Crippen LogP contribution < -0.4 is 22.4 Å². The third kappa shape index (κ3) is 5.14. The standard InChI is InChI=1S/C20H22N4O4S/c1-4-11-22-18(26)23(12-5-2)20(28)24(19(22)27)14-17(25)21-15-9-7-8-10-16(15)29-13-6-3/h4-10H,1-3,11-14H2,(H,21,25). The molecule has 0 aliphatic carbocycles. The van der Waals surface area contributed by atoms with Gasteiger partial charge in [-0.3, -0.25) is 4.79 Å². The molecule has 0 saturated carbocycles. The molecule has 0 saturated heterocycles. The number of allylic oxidation sites excluding steroid dienone is 2. The molecule has 29 heavy (non-hydrogen) atoms. The first-order valence-electron chi connectivity index (χ1n) is 8.73. The van der Waals surface area contributed by atoms with Crippen LogP contribution in [0.3, 0.4) is 0 Å². The fourth-order valence-electron chi connectivity index (χ4n) is 2.57. The number of hydrogen-bond acceptors (Lipinski definition) is 5. The van der Waals surface area contributed by atoms with Gasteiger partial charge in [-0.25, -0.2) is 28.1 Å². The van der Waals surface area contributed by atoms with Crippen molar-refractivity contribution >= 4 is 23.4 Å². The van der Waals surface area contributed by atoms with E-state index in [-0.39, 0.29) is 13.1 Å². The summed E-state index contributed by atoms with van der Waals surface area (Å²) in [5.41, 5.74) is -1.96. The van der Waals surface area contributed by atoms with Gasteiger partial charge in [-0.2, -0.15) is 0 Å². The maximum absolute atomic E-state index is 12.6. The highest BCUT2D eigenvalue weighted by Gasteiger charge is 2.17. The second-order valence-electron chi connectivity index (χ2n) is 5.88. The third-order valence-corrected chi connectivity index (χ3v) is 4.90. The van der Waals surface area contributed by atoms with Gasteiger partial charge in [0.15, 0.2) is 0 Å². The normalized spacial score (nSPS) is 10.3. The first-order valence-corrected chi connectivity index (χ1v) is 9.72. The minimum absolute atomic E-state index is 0.0856. The van der Waals surface area contributed by atoms with Gasteiger partial charge in [-0.15, -0.1) is 31.5 Å². The molecular weight excluding hydrogens is 392 g/mol. The van der Waals surface area contributed by atoms with E-state index in [4.69, 9.17) is 0 Å². The van der Waals surface area contributed by atoms with Crippen LogP contribution in [-0.4, -0.2) is 25.4 Å². The van der Waals surface area contributed by atoms with Gasteiger partial charge < -0.3 is 5.32 Å². The first kappa shape index (κ1) is 22.0. The highest BCUT2D eigenvalue weighted by molar-refractivity contribution is 7.99. The van der Waals surface area contributed by atoms with Crippen molar-refractivity contribution in [3.63, 3.8) is 0 Å². The molecule has 1 N–H and O–H groups in total. The SMILES string of the molecule is C=CCSc1ccccc1NC(=O)Cn1c(=O)n(CC=C)c(=O)n(CC=C)c1=O. The molecule has 0 bridgehead atoms. The first-order chi connectivity index (χ1) is 13.9. The Morgan fingerprint density at radius 2 is 1.45 bits per heavy atom. The lowest BCUT2D eigenvalue weighted by atomic mass is 10.3. The molecule has 0 atom stereocenters. The van der Waals surface area contributed by atoms with E-state index in [1.54, 1.807) is 18.2 Å². The van der Waals surface area contributed by atoms with Gasteiger partial charge in [0.2, 0.25) is 5.91 Å². The lowest BCUT2D eigenvalue weighted by Crippen LogP contribution is -2.55. The number of carbonyl (C=O) groups excluding carboxylic acids is 1. The molecule has 0 aliphatic heterocycles. The third-order valence-electron chi connectivity index (χ3n) is 3.83. The van der Waals surface area contributed by atoms with E-state index >= 15 is 0 Å². The van der Waals surface area contributed by atoms with E-state index in [1.165, 1.54) is 23.9 Å². The molecule has 0 aliphatic rings. The molecule has 152 valence electrons. The Balaban J connectivity index is 2.40. The highest BCUT2D eigenvalue weighted by Crippen LogP contribution is 2.26. The second kappa shape index (κ2) is 10.3. The summed E-state index contributed by atoms with van der Waals surface area (Å²) < 4.78 is 2.42. The molecule has 0 spiro atoms. The summed E-state index contributed by atoms with van der Waals surface area (Å²) in [5.74, 6) is 0.0929. The predicted octanol–water partition coefficient (Wildman–Crippen LogP) is 1.46. The van der Waals surface area contributed by atoms with Crippen LogP contribution in [0.25, 0.3) is 0 Å². The summed E-state index contributed by atoms with van der Waals surface area (Å²) in [6.07, 6.45) is 4.47. The maximum atomic E-state index is 12.6. The van der Waals surface area contributed by atoms with Gasteiger partial charge in [-0.1, -0.05) is 30.4 Å². The minimum Gasteiger partial charge on any atom is -0.324 e. The number of aromatic nitrogens is 3. The van der Waals surface area contributed by atoms with E-state index in [0.717, 1.165) is 18.6 Å². The Labute approximate surface area is 171 Å². The van der Waals surface area contributed by atoms with Gasteiger partial charge in [0.05, 0.1) is 18.8 Å². The smallest absolute Gasteiger partial charge is 0.324 e. The van der Waals surface area contributed by atoms with Crippen LogP contribution in [0.15, 0.2) is 81.5 Å². The zero-order valence-electron chi connectivity index (χ0n) is 15.9. The van der Waals surface area contributed by atoms with Crippen LogP contribution in [0, 0.1) is 0 Å². The van der Waals surface area contributed by atoms with Gasteiger partial charge in [0.1, 0.15) is 6.54 Å². The van der Waals surface area contributed by atoms with Crippen molar-refractivity contribution in [3.05, 3.63) is 93.7 Å². The Hall–Kier alpha value is -3.33. The molecule has 1 aromatic carbocycles. The number of anilines is 1. The topological polar surface area (TPSA) is 95.1 Å². The Bertz CT molecular complexity index is 1060.